The molecule has 0 aliphatic carbocycles. The minimum atomic E-state index is -1.04. The maximum Gasteiger partial charge on any atom is 0.222 e. The molecule has 0 aromatic carbocycles. The van der Waals surface area contributed by atoms with Gasteiger partial charge in [0.2, 0.25) is 5.91 Å². The Balaban J connectivity index is 3.97. The molecule has 4 N–H and O–H groups in total. The Morgan fingerprint density at radius 3 is 2.64 bits per heavy atom. The molecule has 0 heterocycles. The monoisotopic (exact) mass is 204 g/mol. The van der Waals surface area contributed by atoms with Gasteiger partial charge in [0, 0.05) is 13.0 Å². The normalized spacial score (nSPS) is 12.6. The highest BCUT2D eigenvalue weighted by Crippen LogP contribution is 2.00. The first-order chi connectivity index (χ1) is 6.61. The molecule has 0 spiro atoms. The van der Waals surface area contributed by atoms with E-state index in [0.29, 0.717) is 6.42 Å². The Kier molecular flexibility index (Phi) is 7.37. The second-order valence-electron chi connectivity index (χ2n) is 3.23. The van der Waals surface area contributed by atoms with Crippen molar-refractivity contribution in [2.24, 2.45) is 5.73 Å². The van der Waals surface area contributed by atoms with E-state index in [-0.39, 0.29) is 25.6 Å². The number of amides is 1. The molecule has 0 radical (unpaired) electrons. The zero-order chi connectivity index (χ0) is 11.0. The predicted molar refractivity (Wildman–Crippen MR) is 53.4 cm³/mol. The first kappa shape index (κ1) is 13.4. The van der Waals surface area contributed by atoms with Crippen LogP contribution in [0.1, 0.15) is 26.2 Å². The van der Waals surface area contributed by atoms with Gasteiger partial charge in [-0.25, -0.2) is 0 Å². The van der Waals surface area contributed by atoms with Crippen molar-refractivity contribution in [3.63, 3.8) is 0 Å². The van der Waals surface area contributed by atoms with Gasteiger partial charge in [0.25, 0.3) is 0 Å². The summed E-state index contributed by atoms with van der Waals surface area (Å²) in [5.74, 6) is -0.0644. The number of aliphatic hydroxyl groups excluding tert-OH is 2. The summed E-state index contributed by atoms with van der Waals surface area (Å²) in [6.07, 6.45) is 1.18. The van der Waals surface area contributed by atoms with Crippen LogP contribution in [0.2, 0.25) is 0 Å². The number of aliphatic hydroxyl groups is 2. The van der Waals surface area contributed by atoms with E-state index in [0.717, 1.165) is 12.8 Å². The van der Waals surface area contributed by atoms with Crippen LogP contribution in [0.3, 0.4) is 0 Å². The van der Waals surface area contributed by atoms with Crippen LogP contribution in [-0.4, -0.2) is 46.9 Å². The van der Waals surface area contributed by atoms with E-state index in [9.17, 15) is 4.79 Å². The molecule has 5 heteroatoms. The van der Waals surface area contributed by atoms with E-state index in [1.54, 1.807) is 0 Å². The van der Waals surface area contributed by atoms with Gasteiger partial charge in [-0.1, -0.05) is 13.3 Å². The van der Waals surface area contributed by atoms with Crippen molar-refractivity contribution in [3.05, 3.63) is 0 Å². The molecule has 1 atom stereocenters. The summed E-state index contributed by atoms with van der Waals surface area (Å²) in [6, 6.07) is 0. The molecule has 1 amide bonds. The highest BCUT2D eigenvalue weighted by atomic mass is 16.3. The zero-order valence-corrected chi connectivity index (χ0v) is 8.65. The summed E-state index contributed by atoms with van der Waals surface area (Å²) in [6.45, 7) is 2.21. The lowest BCUT2D eigenvalue weighted by atomic mass is 10.2. The van der Waals surface area contributed by atoms with Crippen molar-refractivity contribution >= 4 is 5.91 Å². The first-order valence-electron chi connectivity index (χ1n) is 4.94. The lowest BCUT2D eigenvalue weighted by molar-refractivity contribution is -0.133. The minimum absolute atomic E-state index is 0.0644. The van der Waals surface area contributed by atoms with Crippen LogP contribution >= 0.6 is 0 Å². The van der Waals surface area contributed by atoms with E-state index < -0.39 is 6.23 Å². The molecule has 0 saturated heterocycles. The van der Waals surface area contributed by atoms with Gasteiger partial charge in [-0.05, 0) is 6.42 Å². The fourth-order valence-corrected chi connectivity index (χ4v) is 1.15. The van der Waals surface area contributed by atoms with Crippen molar-refractivity contribution in [2.75, 3.05) is 19.7 Å². The van der Waals surface area contributed by atoms with Crippen molar-refractivity contribution in [1.82, 2.24) is 4.90 Å². The average Bonchev–Trinajstić information content (AvgIpc) is 2.13. The van der Waals surface area contributed by atoms with Gasteiger partial charge >= 0.3 is 0 Å². The summed E-state index contributed by atoms with van der Waals surface area (Å²) in [7, 11) is 0. The van der Waals surface area contributed by atoms with E-state index >= 15 is 0 Å². The van der Waals surface area contributed by atoms with Gasteiger partial charge in [-0.3, -0.25) is 4.79 Å². The van der Waals surface area contributed by atoms with Crippen LogP contribution in [0.4, 0.5) is 0 Å². The highest BCUT2D eigenvalue weighted by Gasteiger charge is 2.14. The van der Waals surface area contributed by atoms with E-state index in [2.05, 4.69) is 0 Å². The molecule has 0 aliphatic heterocycles. The van der Waals surface area contributed by atoms with Gasteiger partial charge in [-0.2, -0.15) is 0 Å². The molecule has 0 aromatic heterocycles. The number of carbonyl (C=O) groups excluding carboxylic acids is 1. The molecular weight excluding hydrogens is 184 g/mol. The topological polar surface area (TPSA) is 86.8 Å². The van der Waals surface area contributed by atoms with Crippen LogP contribution < -0.4 is 5.73 Å². The van der Waals surface area contributed by atoms with Gasteiger partial charge in [-0.15, -0.1) is 0 Å². The Labute approximate surface area is 84.5 Å². The molecule has 0 rings (SSSR count). The number of hydrogen-bond acceptors (Lipinski definition) is 4. The number of rotatable bonds is 7. The van der Waals surface area contributed by atoms with Crippen LogP contribution in [0.15, 0.2) is 0 Å². The fourth-order valence-electron chi connectivity index (χ4n) is 1.15. The molecular formula is C9H20N2O3. The van der Waals surface area contributed by atoms with Crippen LogP contribution in [0.25, 0.3) is 0 Å². The van der Waals surface area contributed by atoms with E-state index in [1.807, 2.05) is 6.92 Å². The Morgan fingerprint density at radius 1 is 1.57 bits per heavy atom. The van der Waals surface area contributed by atoms with Crippen molar-refractivity contribution in [3.8, 4) is 0 Å². The third kappa shape index (κ3) is 5.90. The number of unbranched alkanes of at least 4 members (excludes halogenated alkanes) is 1. The second-order valence-corrected chi connectivity index (χ2v) is 3.23. The Morgan fingerprint density at radius 2 is 2.21 bits per heavy atom. The number of carbonyl (C=O) groups is 1. The summed E-state index contributed by atoms with van der Waals surface area (Å²) in [5.41, 5.74) is 5.17. The quantitative estimate of drug-likeness (QED) is 0.477. The minimum Gasteiger partial charge on any atom is -0.395 e. The smallest absolute Gasteiger partial charge is 0.222 e. The molecule has 0 fully saturated rings. The Bertz CT molecular complexity index is 162. The van der Waals surface area contributed by atoms with Crippen molar-refractivity contribution < 1.29 is 15.0 Å². The number of nitrogens with two attached hydrogens (primary N) is 1. The summed E-state index contributed by atoms with van der Waals surface area (Å²) < 4.78 is 0. The van der Waals surface area contributed by atoms with Gasteiger partial charge in [0.1, 0.15) is 6.23 Å². The fraction of sp³-hybridized carbons (Fsp3) is 0.889. The first-order valence-corrected chi connectivity index (χ1v) is 4.94. The van der Waals surface area contributed by atoms with Gasteiger partial charge in [0.05, 0.1) is 13.2 Å². The predicted octanol–water partition coefficient (Wildman–Crippen LogP) is -0.725. The SMILES string of the molecule is CCCCC(=O)N(CCO)CC(N)O. The highest BCUT2D eigenvalue weighted by molar-refractivity contribution is 5.76. The Hall–Kier alpha value is -0.650. The molecule has 84 valence electrons. The number of hydrogen-bond donors (Lipinski definition) is 3. The summed E-state index contributed by atoms with van der Waals surface area (Å²) in [4.78, 5) is 12.9. The van der Waals surface area contributed by atoms with Crippen molar-refractivity contribution in [2.45, 2.75) is 32.4 Å². The van der Waals surface area contributed by atoms with Crippen LogP contribution in [-0.2, 0) is 4.79 Å². The maximum atomic E-state index is 11.5. The molecule has 0 bridgehead atoms. The standard InChI is InChI=1S/C9H20N2O3/c1-2-3-4-9(14)11(5-6-12)7-8(10)13/h8,12-13H,2-7,10H2,1H3. The molecule has 0 aliphatic rings. The van der Waals surface area contributed by atoms with Crippen molar-refractivity contribution in [1.29, 1.82) is 0 Å². The second kappa shape index (κ2) is 7.73. The largest absolute Gasteiger partial charge is 0.395 e. The summed E-state index contributed by atoms with van der Waals surface area (Å²) in [5, 5.41) is 17.6. The number of nitrogens with zero attached hydrogens (tertiary/aromatic N) is 1. The van der Waals surface area contributed by atoms with Gasteiger partial charge < -0.3 is 20.8 Å². The molecule has 1 unspecified atom stereocenters. The van der Waals surface area contributed by atoms with Gasteiger partial charge in [0.15, 0.2) is 0 Å². The molecule has 14 heavy (non-hydrogen) atoms. The van der Waals surface area contributed by atoms with Crippen LogP contribution in [0, 0.1) is 0 Å². The van der Waals surface area contributed by atoms with E-state index in [1.165, 1.54) is 4.90 Å². The third-order valence-corrected chi connectivity index (χ3v) is 1.87. The summed E-state index contributed by atoms with van der Waals surface area (Å²) >= 11 is 0. The molecule has 5 nitrogen and oxygen atoms in total. The molecule has 0 saturated carbocycles. The maximum absolute atomic E-state index is 11.5. The lowest BCUT2D eigenvalue weighted by Gasteiger charge is -2.22. The van der Waals surface area contributed by atoms with E-state index in [4.69, 9.17) is 15.9 Å². The third-order valence-electron chi connectivity index (χ3n) is 1.87. The molecule has 0 aromatic rings. The average molecular weight is 204 g/mol. The lowest BCUT2D eigenvalue weighted by Crippen LogP contribution is -2.42. The zero-order valence-electron chi connectivity index (χ0n) is 8.65. The van der Waals surface area contributed by atoms with Crippen LogP contribution in [0.5, 0.6) is 0 Å².